The molecule has 1 heterocycles. The zero-order valence-electron chi connectivity index (χ0n) is 10.2. The molecule has 7 heteroatoms. The third-order valence-electron chi connectivity index (χ3n) is 2.60. The summed E-state index contributed by atoms with van der Waals surface area (Å²) in [6.45, 7) is 2.53. The van der Waals surface area contributed by atoms with E-state index in [1.54, 1.807) is 12.1 Å². The zero-order chi connectivity index (χ0) is 13.0. The van der Waals surface area contributed by atoms with Crippen molar-refractivity contribution in [3.05, 3.63) is 29.6 Å². The van der Waals surface area contributed by atoms with Gasteiger partial charge in [0.15, 0.2) is 17.3 Å². The van der Waals surface area contributed by atoms with E-state index in [-0.39, 0.29) is 11.8 Å². The lowest BCUT2D eigenvalue weighted by atomic mass is 10.2. The fourth-order valence-electron chi connectivity index (χ4n) is 1.56. The van der Waals surface area contributed by atoms with Gasteiger partial charge in [-0.15, -0.1) is 10.2 Å². The Labute approximate surface area is 104 Å². The molecule has 2 rings (SSSR count). The number of hydrogen-bond donors (Lipinski definition) is 3. The number of methoxy groups -OCH3 is 1. The first-order valence-electron chi connectivity index (χ1n) is 5.53. The predicted octanol–water partition coefficient (Wildman–Crippen LogP) is 0.765. The summed E-state index contributed by atoms with van der Waals surface area (Å²) < 4.78 is 4.98. The first kappa shape index (κ1) is 12.3. The van der Waals surface area contributed by atoms with Crippen molar-refractivity contribution >= 4 is 0 Å². The molecule has 0 amide bonds. The molecule has 0 spiro atoms. The Kier molecular flexibility index (Phi) is 3.73. The molecule has 18 heavy (non-hydrogen) atoms. The zero-order valence-corrected chi connectivity index (χ0v) is 10.2. The third-order valence-corrected chi connectivity index (χ3v) is 2.60. The number of H-pyrrole nitrogens is 1. The highest BCUT2D eigenvalue weighted by Gasteiger charge is 2.10. The number of tetrazole rings is 1. The monoisotopic (exact) mass is 249 g/mol. The van der Waals surface area contributed by atoms with Crippen molar-refractivity contribution in [3.8, 4) is 11.5 Å². The molecule has 2 aromatic rings. The van der Waals surface area contributed by atoms with Gasteiger partial charge in [-0.3, -0.25) is 0 Å². The molecular formula is C11H15N5O2. The first-order chi connectivity index (χ1) is 8.70. The van der Waals surface area contributed by atoms with Gasteiger partial charge in [-0.05, 0) is 24.6 Å². The van der Waals surface area contributed by atoms with Gasteiger partial charge in [0.1, 0.15) is 0 Å². The van der Waals surface area contributed by atoms with Gasteiger partial charge in [-0.1, -0.05) is 11.3 Å². The van der Waals surface area contributed by atoms with Crippen LogP contribution in [0.15, 0.2) is 18.2 Å². The summed E-state index contributed by atoms with van der Waals surface area (Å²) in [5.74, 6) is 1.20. The Bertz CT molecular complexity index is 500. The predicted molar refractivity (Wildman–Crippen MR) is 64.1 cm³/mol. The number of benzene rings is 1. The lowest BCUT2D eigenvalue weighted by Gasteiger charge is -2.11. The van der Waals surface area contributed by atoms with Crippen LogP contribution in [0.2, 0.25) is 0 Å². The van der Waals surface area contributed by atoms with Crippen LogP contribution in [0.5, 0.6) is 11.5 Å². The van der Waals surface area contributed by atoms with E-state index in [4.69, 9.17) is 4.74 Å². The quantitative estimate of drug-likeness (QED) is 0.724. The van der Waals surface area contributed by atoms with Gasteiger partial charge in [0.25, 0.3) is 0 Å². The average molecular weight is 249 g/mol. The summed E-state index contributed by atoms with van der Waals surface area (Å²) in [6.07, 6.45) is 0. The molecule has 0 aliphatic rings. The molecule has 96 valence electrons. The second-order valence-corrected chi connectivity index (χ2v) is 3.88. The van der Waals surface area contributed by atoms with E-state index >= 15 is 0 Å². The molecule has 0 aliphatic heterocycles. The molecule has 0 bridgehead atoms. The van der Waals surface area contributed by atoms with E-state index in [1.165, 1.54) is 7.11 Å². The van der Waals surface area contributed by atoms with Crippen molar-refractivity contribution in [2.75, 3.05) is 7.11 Å². The number of nitrogens with one attached hydrogen (secondary N) is 2. The molecule has 0 saturated carbocycles. The summed E-state index contributed by atoms with van der Waals surface area (Å²) in [6, 6.07) is 5.25. The lowest BCUT2D eigenvalue weighted by molar-refractivity contribution is 0.373. The highest BCUT2D eigenvalue weighted by Crippen LogP contribution is 2.26. The molecule has 1 aromatic carbocycles. The van der Waals surface area contributed by atoms with Gasteiger partial charge in [-0.25, -0.2) is 0 Å². The van der Waals surface area contributed by atoms with Gasteiger partial charge in [0, 0.05) is 6.54 Å². The maximum absolute atomic E-state index is 9.65. The molecule has 0 saturated heterocycles. The first-order valence-corrected chi connectivity index (χ1v) is 5.53. The molecule has 3 N–H and O–H groups in total. The highest BCUT2D eigenvalue weighted by atomic mass is 16.5. The highest BCUT2D eigenvalue weighted by molar-refractivity contribution is 5.41. The van der Waals surface area contributed by atoms with Crippen molar-refractivity contribution in [2.24, 2.45) is 0 Å². The van der Waals surface area contributed by atoms with Crippen LogP contribution in [-0.2, 0) is 6.54 Å². The van der Waals surface area contributed by atoms with Crippen LogP contribution in [0.1, 0.15) is 24.4 Å². The van der Waals surface area contributed by atoms with Crippen LogP contribution in [0.3, 0.4) is 0 Å². The molecule has 0 aliphatic carbocycles. The number of phenolic OH excluding ortho intramolecular Hbond substituents is 1. The number of rotatable bonds is 5. The third kappa shape index (κ3) is 2.75. The normalized spacial score (nSPS) is 12.3. The smallest absolute Gasteiger partial charge is 0.191 e. The number of ether oxygens (including phenoxy) is 1. The van der Waals surface area contributed by atoms with E-state index in [0.29, 0.717) is 18.1 Å². The van der Waals surface area contributed by atoms with E-state index < -0.39 is 0 Å². The molecule has 1 unspecified atom stereocenters. The van der Waals surface area contributed by atoms with Crippen LogP contribution in [-0.4, -0.2) is 32.8 Å². The van der Waals surface area contributed by atoms with Gasteiger partial charge >= 0.3 is 0 Å². The van der Waals surface area contributed by atoms with E-state index in [0.717, 1.165) is 5.56 Å². The Hall–Kier alpha value is -2.15. The van der Waals surface area contributed by atoms with Gasteiger partial charge < -0.3 is 15.2 Å². The van der Waals surface area contributed by atoms with Crippen molar-refractivity contribution in [2.45, 2.75) is 19.5 Å². The summed E-state index contributed by atoms with van der Waals surface area (Å²) in [7, 11) is 1.52. The fraction of sp³-hybridized carbons (Fsp3) is 0.364. The van der Waals surface area contributed by atoms with Gasteiger partial charge in [-0.2, -0.15) is 5.21 Å². The number of aromatic nitrogens is 4. The van der Waals surface area contributed by atoms with Crippen molar-refractivity contribution in [1.82, 2.24) is 25.9 Å². The second kappa shape index (κ2) is 5.46. The molecule has 7 nitrogen and oxygen atoms in total. The Balaban J connectivity index is 1.96. The summed E-state index contributed by atoms with van der Waals surface area (Å²) in [5.41, 5.74) is 0.948. The van der Waals surface area contributed by atoms with Crippen molar-refractivity contribution in [3.63, 3.8) is 0 Å². The number of phenols is 1. The lowest BCUT2D eigenvalue weighted by Crippen LogP contribution is -2.19. The molecule has 1 aromatic heterocycles. The van der Waals surface area contributed by atoms with Crippen LogP contribution in [0.25, 0.3) is 0 Å². The van der Waals surface area contributed by atoms with E-state index in [9.17, 15) is 5.11 Å². The maximum Gasteiger partial charge on any atom is 0.191 e. The van der Waals surface area contributed by atoms with Gasteiger partial charge in [0.2, 0.25) is 0 Å². The van der Waals surface area contributed by atoms with Crippen molar-refractivity contribution < 1.29 is 9.84 Å². The Morgan fingerprint density at radius 3 is 2.94 bits per heavy atom. The van der Waals surface area contributed by atoms with Crippen LogP contribution in [0, 0.1) is 0 Å². The average Bonchev–Trinajstić information content (AvgIpc) is 2.90. The standard InChI is InChI=1S/C11H15N5O2/c1-7(11-13-15-16-14-11)12-6-8-3-4-10(18-2)9(17)5-8/h3-5,7,12,17H,6H2,1-2H3,(H,13,14,15,16). The summed E-state index contributed by atoms with van der Waals surface area (Å²) >= 11 is 0. The van der Waals surface area contributed by atoms with Crippen LogP contribution >= 0.6 is 0 Å². The maximum atomic E-state index is 9.65. The van der Waals surface area contributed by atoms with Gasteiger partial charge in [0.05, 0.1) is 13.2 Å². The summed E-state index contributed by atoms with van der Waals surface area (Å²) in [4.78, 5) is 0. The van der Waals surface area contributed by atoms with E-state index in [1.807, 2.05) is 13.0 Å². The Morgan fingerprint density at radius 1 is 1.50 bits per heavy atom. The Morgan fingerprint density at radius 2 is 2.33 bits per heavy atom. The minimum absolute atomic E-state index is 0.0204. The van der Waals surface area contributed by atoms with Crippen LogP contribution < -0.4 is 10.1 Å². The fourth-order valence-corrected chi connectivity index (χ4v) is 1.56. The second-order valence-electron chi connectivity index (χ2n) is 3.88. The van der Waals surface area contributed by atoms with E-state index in [2.05, 4.69) is 25.9 Å². The molecule has 0 radical (unpaired) electrons. The van der Waals surface area contributed by atoms with Crippen molar-refractivity contribution in [1.29, 1.82) is 0 Å². The SMILES string of the molecule is COc1ccc(CNC(C)c2nn[nH]n2)cc1O. The molecular weight excluding hydrogens is 234 g/mol. The van der Waals surface area contributed by atoms with Crippen LogP contribution in [0.4, 0.5) is 0 Å². The summed E-state index contributed by atoms with van der Waals surface area (Å²) in [5, 5.41) is 26.6. The largest absolute Gasteiger partial charge is 0.504 e. The molecule has 1 atom stereocenters. The number of hydrogen-bond acceptors (Lipinski definition) is 6. The number of aromatic amines is 1. The minimum Gasteiger partial charge on any atom is -0.504 e. The topological polar surface area (TPSA) is 96.0 Å². The minimum atomic E-state index is -0.0204. The molecule has 0 fully saturated rings. The number of aromatic hydroxyl groups is 1. The number of nitrogens with zero attached hydrogens (tertiary/aromatic N) is 3.